The highest BCUT2D eigenvalue weighted by Crippen LogP contribution is 2.17. The van der Waals surface area contributed by atoms with E-state index in [9.17, 15) is 8.78 Å². The average Bonchev–Trinajstić information content (AvgIpc) is 2.38. The van der Waals surface area contributed by atoms with Gasteiger partial charge in [0, 0.05) is 18.2 Å². The minimum absolute atomic E-state index is 0.0982. The van der Waals surface area contributed by atoms with E-state index in [-0.39, 0.29) is 12.1 Å². The van der Waals surface area contributed by atoms with E-state index in [1.54, 1.807) is 0 Å². The Morgan fingerprint density at radius 1 is 0.950 bits per heavy atom. The van der Waals surface area contributed by atoms with Crippen LogP contribution in [0.15, 0.2) is 48.5 Å². The van der Waals surface area contributed by atoms with Gasteiger partial charge in [0.05, 0.1) is 0 Å². The summed E-state index contributed by atoms with van der Waals surface area (Å²) < 4.78 is 26.4. The summed E-state index contributed by atoms with van der Waals surface area (Å²) in [5, 5.41) is 3.37. The lowest BCUT2D eigenvalue weighted by Gasteiger charge is -2.20. The van der Waals surface area contributed by atoms with Gasteiger partial charge >= 0.3 is 0 Å². The Bertz CT molecular complexity index is 534. The molecule has 0 bridgehead atoms. The molecule has 0 saturated heterocycles. The summed E-state index contributed by atoms with van der Waals surface area (Å²) in [6.45, 7) is 3.98. The molecule has 2 unspecified atom stereocenters. The van der Waals surface area contributed by atoms with Gasteiger partial charge in [0.2, 0.25) is 0 Å². The van der Waals surface area contributed by atoms with Crippen LogP contribution in [0.4, 0.5) is 8.78 Å². The fourth-order valence-electron chi connectivity index (χ4n) is 2.37. The molecule has 0 aliphatic carbocycles. The summed E-state index contributed by atoms with van der Waals surface area (Å²) in [6, 6.07) is 13.9. The number of benzene rings is 2. The molecule has 20 heavy (non-hydrogen) atoms. The Labute approximate surface area is 118 Å². The van der Waals surface area contributed by atoms with Crippen molar-refractivity contribution in [3.63, 3.8) is 0 Å². The van der Waals surface area contributed by atoms with Gasteiger partial charge in [-0.3, -0.25) is 0 Å². The highest BCUT2D eigenvalue weighted by atomic mass is 19.1. The summed E-state index contributed by atoms with van der Waals surface area (Å²) >= 11 is 0. The van der Waals surface area contributed by atoms with Gasteiger partial charge < -0.3 is 5.32 Å². The van der Waals surface area contributed by atoms with E-state index in [0.29, 0.717) is 5.56 Å². The van der Waals surface area contributed by atoms with E-state index >= 15 is 0 Å². The van der Waals surface area contributed by atoms with Crippen molar-refractivity contribution in [1.29, 1.82) is 0 Å². The molecule has 2 aromatic carbocycles. The normalized spacial score (nSPS) is 14.0. The maximum Gasteiger partial charge on any atom is 0.126 e. The fraction of sp³-hybridized carbons (Fsp3) is 0.294. The molecule has 2 aromatic rings. The summed E-state index contributed by atoms with van der Waals surface area (Å²) in [6.07, 6.45) is 0.878. The van der Waals surface area contributed by atoms with Crippen molar-refractivity contribution >= 4 is 0 Å². The van der Waals surface area contributed by atoms with Crippen molar-refractivity contribution in [3.05, 3.63) is 71.3 Å². The Hall–Kier alpha value is -1.74. The van der Waals surface area contributed by atoms with Crippen LogP contribution >= 0.6 is 0 Å². The van der Waals surface area contributed by atoms with Crippen molar-refractivity contribution < 1.29 is 8.78 Å². The molecule has 0 spiro atoms. The Kier molecular flexibility index (Phi) is 4.85. The summed E-state index contributed by atoms with van der Waals surface area (Å²) in [5.74, 6) is -1.08. The lowest BCUT2D eigenvalue weighted by atomic mass is 10.0. The van der Waals surface area contributed by atoms with Gasteiger partial charge in [0.1, 0.15) is 11.6 Å². The first-order valence-electron chi connectivity index (χ1n) is 6.80. The second-order valence-electron chi connectivity index (χ2n) is 5.18. The molecule has 1 nitrogen and oxygen atoms in total. The monoisotopic (exact) mass is 275 g/mol. The average molecular weight is 275 g/mol. The van der Waals surface area contributed by atoms with Crippen molar-refractivity contribution in [3.8, 4) is 0 Å². The summed E-state index contributed by atoms with van der Waals surface area (Å²) in [5.41, 5.74) is 1.87. The molecule has 0 amide bonds. The zero-order chi connectivity index (χ0) is 14.5. The van der Waals surface area contributed by atoms with Crippen LogP contribution in [0, 0.1) is 11.6 Å². The lowest BCUT2D eigenvalue weighted by molar-refractivity contribution is 0.471. The Balaban J connectivity index is 1.98. The van der Waals surface area contributed by atoms with Crippen LogP contribution in [0.5, 0.6) is 0 Å². The quantitative estimate of drug-likeness (QED) is 0.860. The van der Waals surface area contributed by atoms with Gasteiger partial charge in [0.15, 0.2) is 0 Å². The van der Waals surface area contributed by atoms with E-state index in [0.717, 1.165) is 12.5 Å². The van der Waals surface area contributed by atoms with Crippen LogP contribution in [0.2, 0.25) is 0 Å². The van der Waals surface area contributed by atoms with E-state index < -0.39 is 11.6 Å². The predicted molar refractivity (Wildman–Crippen MR) is 77.5 cm³/mol. The summed E-state index contributed by atoms with van der Waals surface area (Å²) in [4.78, 5) is 0. The molecule has 0 aliphatic heterocycles. The highest BCUT2D eigenvalue weighted by Gasteiger charge is 2.12. The van der Waals surface area contributed by atoms with Crippen molar-refractivity contribution in [1.82, 2.24) is 5.32 Å². The minimum Gasteiger partial charge on any atom is -0.307 e. The molecule has 0 aromatic heterocycles. The maximum atomic E-state index is 13.2. The SMILES string of the molecule is CC(Cc1ccccc1)NC(C)c1cc(F)cc(F)c1. The maximum absolute atomic E-state index is 13.2. The van der Waals surface area contributed by atoms with Crippen LogP contribution in [0.1, 0.15) is 31.0 Å². The van der Waals surface area contributed by atoms with E-state index in [1.807, 2.05) is 25.1 Å². The molecule has 0 saturated carbocycles. The van der Waals surface area contributed by atoms with Crippen LogP contribution in [0.25, 0.3) is 0 Å². The van der Waals surface area contributed by atoms with Crippen molar-refractivity contribution in [2.45, 2.75) is 32.4 Å². The first-order chi connectivity index (χ1) is 9.54. The number of halogens is 2. The van der Waals surface area contributed by atoms with Crippen LogP contribution in [-0.2, 0) is 6.42 Å². The first kappa shape index (κ1) is 14.7. The van der Waals surface area contributed by atoms with Crippen molar-refractivity contribution in [2.24, 2.45) is 0 Å². The molecule has 2 atom stereocenters. The van der Waals surface area contributed by atoms with Gasteiger partial charge in [-0.25, -0.2) is 8.78 Å². The number of hydrogen-bond acceptors (Lipinski definition) is 1. The molecular formula is C17H19F2N. The van der Waals surface area contributed by atoms with Crippen LogP contribution in [0.3, 0.4) is 0 Å². The summed E-state index contributed by atoms with van der Waals surface area (Å²) in [7, 11) is 0. The van der Waals surface area contributed by atoms with Crippen LogP contribution < -0.4 is 5.32 Å². The van der Waals surface area contributed by atoms with Gasteiger partial charge in [-0.2, -0.15) is 0 Å². The molecule has 3 heteroatoms. The highest BCUT2D eigenvalue weighted by molar-refractivity contribution is 5.21. The molecule has 0 heterocycles. The molecular weight excluding hydrogens is 256 g/mol. The van der Waals surface area contributed by atoms with Crippen LogP contribution in [-0.4, -0.2) is 6.04 Å². The predicted octanol–water partition coefficient (Wildman–Crippen LogP) is 4.25. The molecule has 0 radical (unpaired) electrons. The third kappa shape index (κ3) is 4.14. The Morgan fingerprint density at radius 2 is 1.55 bits per heavy atom. The fourth-order valence-corrected chi connectivity index (χ4v) is 2.37. The zero-order valence-corrected chi connectivity index (χ0v) is 11.7. The van der Waals surface area contributed by atoms with Gasteiger partial charge in [-0.1, -0.05) is 30.3 Å². The lowest BCUT2D eigenvalue weighted by Crippen LogP contribution is -2.30. The zero-order valence-electron chi connectivity index (χ0n) is 11.7. The number of nitrogens with one attached hydrogen (secondary N) is 1. The van der Waals surface area contributed by atoms with E-state index in [2.05, 4.69) is 24.4 Å². The van der Waals surface area contributed by atoms with E-state index in [4.69, 9.17) is 0 Å². The second kappa shape index (κ2) is 6.62. The first-order valence-corrected chi connectivity index (χ1v) is 6.80. The number of rotatable bonds is 5. The molecule has 106 valence electrons. The standard InChI is InChI=1S/C17H19F2N/c1-12(8-14-6-4-3-5-7-14)20-13(2)15-9-16(18)11-17(19)10-15/h3-7,9-13,20H,8H2,1-2H3. The second-order valence-corrected chi connectivity index (χ2v) is 5.18. The van der Waals surface area contributed by atoms with Gasteiger partial charge in [-0.15, -0.1) is 0 Å². The molecule has 2 rings (SSSR count). The van der Waals surface area contributed by atoms with Gasteiger partial charge in [-0.05, 0) is 43.5 Å². The topological polar surface area (TPSA) is 12.0 Å². The minimum atomic E-state index is -0.538. The third-order valence-electron chi connectivity index (χ3n) is 3.30. The smallest absolute Gasteiger partial charge is 0.126 e. The van der Waals surface area contributed by atoms with Gasteiger partial charge in [0.25, 0.3) is 0 Å². The van der Waals surface area contributed by atoms with E-state index in [1.165, 1.54) is 17.7 Å². The third-order valence-corrected chi connectivity index (χ3v) is 3.30. The number of hydrogen-bond donors (Lipinski definition) is 1. The Morgan fingerprint density at radius 3 is 2.15 bits per heavy atom. The molecule has 0 aliphatic rings. The molecule has 1 N–H and O–H groups in total. The van der Waals surface area contributed by atoms with Crippen molar-refractivity contribution in [2.75, 3.05) is 0 Å². The largest absolute Gasteiger partial charge is 0.307 e. The molecule has 0 fully saturated rings.